The lowest BCUT2D eigenvalue weighted by Crippen LogP contribution is -2.19. The molecule has 0 aromatic carbocycles. The Balaban J connectivity index is 3.08. The fourth-order valence-electron chi connectivity index (χ4n) is 2.92. The Bertz CT molecular complexity index is 302. The van der Waals surface area contributed by atoms with Crippen LogP contribution in [0.15, 0.2) is 12.2 Å². The van der Waals surface area contributed by atoms with Crippen LogP contribution in [0.3, 0.4) is 0 Å². The third-order valence-electron chi connectivity index (χ3n) is 4.60. The van der Waals surface area contributed by atoms with E-state index in [4.69, 9.17) is 0 Å². The molecule has 3 heteroatoms. The maximum absolute atomic E-state index is 10.9. The second-order valence-electron chi connectivity index (χ2n) is 7.01. The lowest BCUT2D eigenvalue weighted by Gasteiger charge is -2.04. The predicted molar refractivity (Wildman–Crippen MR) is 109 cm³/mol. The van der Waals surface area contributed by atoms with Gasteiger partial charge in [-0.15, -0.1) is 0 Å². The Labute approximate surface area is 157 Å². The maximum Gasteiger partial charge on any atom is 0.306 e. The van der Waals surface area contributed by atoms with E-state index in [1.54, 1.807) is 0 Å². The number of rotatable bonds is 19. The molecule has 0 heterocycles. The van der Waals surface area contributed by atoms with Crippen LogP contribution in [-0.4, -0.2) is 26.2 Å². The molecule has 0 spiro atoms. The number of unbranched alkanes of at least 4 members (excludes halogenated alkanes) is 12. The van der Waals surface area contributed by atoms with Crippen molar-refractivity contribution in [2.45, 2.75) is 103 Å². The minimum absolute atomic E-state index is 0.131. The number of ether oxygens (including phenoxy) is 1. The molecule has 0 rings (SSSR count). The normalized spacial score (nSPS) is 11.3. The van der Waals surface area contributed by atoms with Crippen LogP contribution in [0, 0.1) is 0 Å². The highest BCUT2D eigenvalue weighted by Gasteiger charge is 1.98. The van der Waals surface area contributed by atoms with Gasteiger partial charge in [0.2, 0.25) is 0 Å². The van der Waals surface area contributed by atoms with Gasteiger partial charge in [0.05, 0.1) is 13.5 Å². The van der Waals surface area contributed by atoms with Gasteiger partial charge in [-0.1, -0.05) is 76.9 Å². The van der Waals surface area contributed by atoms with E-state index >= 15 is 0 Å². The van der Waals surface area contributed by atoms with Crippen LogP contribution < -0.4 is 5.32 Å². The molecule has 148 valence electrons. The number of allylic oxidation sites excluding steroid dienone is 2. The molecule has 0 aliphatic rings. The first-order valence-electron chi connectivity index (χ1n) is 10.7. The zero-order chi connectivity index (χ0) is 18.4. The van der Waals surface area contributed by atoms with Crippen LogP contribution in [-0.2, 0) is 9.53 Å². The van der Waals surface area contributed by atoms with Crippen molar-refractivity contribution in [1.82, 2.24) is 5.32 Å². The van der Waals surface area contributed by atoms with E-state index in [0.717, 1.165) is 13.1 Å². The molecule has 0 aromatic rings. The fraction of sp³-hybridized carbons (Fsp3) is 0.864. The third kappa shape index (κ3) is 21.1. The molecule has 0 fully saturated rings. The average Bonchev–Trinajstić information content (AvgIpc) is 2.63. The van der Waals surface area contributed by atoms with E-state index < -0.39 is 0 Å². The van der Waals surface area contributed by atoms with E-state index in [9.17, 15) is 4.79 Å². The van der Waals surface area contributed by atoms with Crippen LogP contribution in [0.1, 0.15) is 103 Å². The monoisotopic (exact) mass is 353 g/mol. The molecule has 1 N–H and O–H groups in total. The van der Waals surface area contributed by atoms with E-state index in [1.807, 2.05) is 0 Å². The Morgan fingerprint density at radius 1 is 0.760 bits per heavy atom. The van der Waals surface area contributed by atoms with Crippen molar-refractivity contribution < 1.29 is 9.53 Å². The zero-order valence-electron chi connectivity index (χ0n) is 17.0. The summed E-state index contributed by atoms with van der Waals surface area (Å²) < 4.78 is 4.60. The Morgan fingerprint density at radius 2 is 1.28 bits per heavy atom. The highest BCUT2D eigenvalue weighted by atomic mass is 16.5. The molecule has 3 nitrogen and oxygen atoms in total. The van der Waals surface area contributed by atoms with Crippen molar-refractivity contribution >= 4 is 5.97 Å². The molecule has 0 bridgehead atoms. The SMILES string of the molecule is CCCCCCCC/C=C\CCCCCCCCNCCC(=O)OC. The molecular formula is C22H43NO2. The second kappa shape index (κ2) is 21.2. The maximum atomic E-state index is 10.9. The number of methoxy groups -OCH3 is 1. The summed E-state index contributed by atoms with van der Waals surface area (Å²) in [5, 5.41) is 3.29. The number of carbonyl (C=O) groups excluding carboxylic acids is 1. The molecular weight excluding hydrogens is 310 g/mol. The summed E-state index contributed by atoms with van der Waals surface area (Å²) in [7, 11) is 1.44. The van der Waals surface area contributed by atoms with Gasteiger partial charge in [-0.25, -0.2) is 0 Å². The van der Waals surface area contributed by atoms with E-state index in [1.165, 1.54) is 97.0 Å². The summed E-state index contributed by atoms with van der Waals surface area (Å²) in [4.78, 5) is 10.9. The number of hydrogen-bond acceptors (Lipinski definition) is 3. The molecule has 0 radical (unpaired) electrons. The molecule has 25 heavy (non-hydrogen) atoms. The van der Waals surface area contributed by atoms with Crippen molar-refractivity contribution in [3.05, 3.63) is 12.2 Å². The Morgan fingerprint density at radius 3 is 1.84 bits per heavy atom. The highest BCUT2D eigenvalue weighted by molar-refractivity contribution is 5.69. The van der Waals surface area contributed by atoms with Crippen LogP contribution in [0.4, 0.5) is 0 Å². The fourth-order valence-corrected chi connectivity index (χ4v) is 2.92. The van der Waals surface area contributed by atoms with Crippen LogP contribution in [0.25, 0.3) is 0 Å². The first-order chi connectivity index (χ1) is 12.3. The number of esters is 1. The van der Waals surface area contributed by atoms with E-state index in [2.05, 4.69) is 29.1 Å². The van der Waals surface area contributed by atoms with Gasteiger partial charge in [-0.05, 0) is 38.6 Å². The second-order valence-corrected chi connectivity index (χ2v) is 7.01. The minimum atomic E-state index is -0.131. The lowest BCUT2D eigenvalue weighted by molar-refractivity contribution is -0.140. The van der Waals surface area contributed by atoms with Crippen molar-refractivity contribution in [2.75, 3.05) is 20.2 Å². The molecule has 0 unspecified atom stereocenters. The molecule has 0 aromatic heterocycles. The summed E-state index contributed by atoms with van der Waals surface area (Å²) in [6, 6.07) is 0. The first-order valence-corrected chi connectivity index (χ1v) is 10.7. The van der Waals surface area contributed by atoms with Crippen molar-refractivity contribution in [3.63, 3.8) is 0 Å². The molecule has 0 saturated carbocycles. The zero-order valence-corrected chi connectivity index (χ0v) is 17.0. The summed E-state index contributed by atoms with van der Waals surface area (Å²) >= 11 is 0. The van der Waals surface area contributed by atoms with Crippen LogP contribution in [0.5, 0.6) is 0 Å². The average molecular weight is 354 g/mol. The third-order valence-corrected chi connectivity index (χ3v) is 4.60. The van der Waals surface area contributed by atoms with Gasteiger partial charge >= 0.3 is 5.97 Å². The molecule has 0 atom stereocenters. The molecule has 0 aliphatic carbocycles. The first kappa shape index (κ1) is 24.2. The summed E-state index contributed by atoms with van der Waals surface area (Å²) in [5.41, 5.74) is 0. The summed E-state index contributed by atoms with van der Waals surface area (Å²) in [6.45, 7) is 4.02. The molecule has 0 amide bonds. The smallest absolute Gasteiger partial charge is 0.306 e. The molecule has 0 aliphatic heterocycles. The van der Waals surface area contributed by atoms with E-state index in [-0.39, 0.29) is 5.97 Å². The topological polar surface area (TPSA) is 38.3 Å². The predicted octanol–water partition coefficient (Wildman–Crippen LogP) is 6.18. The van der Waals surface area contributed by atoms with Gasteiger partial charge in [0.1, 0.15) is 0 Å². The van der Waals surface area contributed by atoms with Gasteiger partial charge in [0, 0.05) is 6.54 Å². The number of hydrogen-bond donors (Lipinski definition) is 1. The van der Waals surface area contributed by atoms with Crippen LogP contribution >= 0.6 is 0 Å². The van der Waals surface area contributed by atoms with E-state index in [0.29, 0.717) is 6.42 Å². The Kier molecular flexibility index (Phi) is 20.5. The number of nitrogens with one attached hydrogen (secondary N) is 1. The van der Waals surface area contributed by atoms with Gasteiger partial charge in [-0.3, -0.25) is 4.79 Å². The largest absolute Gasteiger partial charge is 0.469 e. The highest BCUT2D eigenvalue weighted by Crippen LogP contribution is 2.09. The summed E-state index contributed by atoms with van der Waals surface area (Å²) in [6.07, 6.45) is 24.0. The number of carbonyl (C=O) groups is 1. The lowest BCUT2D eigenvalue weighted by atomic mass is 10.1. The van der Waals surface area contributed by atoms with Gasteiger partial charge in [0.15, 0.2) is 0 Å². The van der Waals surface area contributed by atoms with Crippen molar-refractivity contribution in [3.8, 4) is 0 Å². The van der Waals surface area contributed by atoms with Gasteiger partial charge in [-0.2, -0.15) is 0 Å². The van der Waals surface area contributed by atoms with Gasteiger partial charge in [0.25, 0.3) is 0 Å². The minimum Gasteiger partial charge on any atom is -0.469 e. The van der Waals surface area contributed by atoms with Crippen molar-refractivity contribution in [1.29, 1.82) is 0 Å². The summed E-state index contributed by atoms with van der Waals surface area (Å²) in [5.74, 6) is -0.131. The van der Waals surface area contributed by atoms with Crippen LogP contribution in [0.2, 0.25) is 0 Å². The van der Waals surface area contributed by atoms with Crippen molar-refractivity contribution in [2.24, 2.45) is 0 Å². The molecule has 0 saturated heterocycles. The quantitative estimate of drug-likeness (QED) is 0.171. The Hall–Kier alpha value is -0.830. The standard InChI is InChI=1S/C22H43NO2/c1-3-4-5-6-7-8-9-10-11-12-13-14-15-16-17-18-20-23-21-19-22(24)25-2/h10-11,23H,3-9,12-21H2,1-2H3/b11-10-. The van der Waals surface area contributed by atoms with Gasteiger partial charge < -0.3 is 10.1 Å².